The zero-order chi connectivity index (χ0) is 11.7. The largest absolute Gasteiger partial charge is 0.495 e. The van der Waals surface area contributed by atoms with Crippen molar-refractivity contribution in [2.75, 3.05) is 7.11 Å². The van der Waals surface area contributed by atoms with Crippen LogP contribution in [0, 0.1) is 6.92 Å². The summed E-state index contributed by atoms with van der Waals surface area (Å²) >= 11 is 0. The molecule has 0 bridgehead atoms. The number of aromatic carboxylic acids is 1. The van der Waals surface area contributed by atoms with Crippen molar-refractivity contribution in [2.24, 2.45) is 0 Å². The molecule has 0 aliphatic heterocycles. The van der Waals surface area contributed by atoms with E-state index in [4.69, 9.17) is 9.84 Å². The number of carboxylic acid groups (broad SMARTS) is 1. The summed E-state index contributed by atoms with van der Waals surface area (Å²) in [6.45, 7) is 1.99. The van der Waals surface area contributed by atoms with Crippen LogP contribution in [0.3, 0.4) is 0 Å². The van der Waals surface area contributed by atoms with Gasteiger partial charge in [-0.2, -0.15) is 0 Å². The van der Waals surface area contributed by atoms with Gasteiger partial charge in [-0.15, -0.1) is 0 Å². The Morgan fingerprint density at radius 2 is 1.94 bits per heavy atom. The number of ether oxygens (including phenoxy) is 1. The summed E-state index contributed by atoms with van der Waals surface area (Å²) in [5.74, 6) is -0.547. The van der Waals surface area contributed by atoms with E-state index in [0.29, 0.717) is 5.75 Å². The fourth-order valence-corrected chi connectivity index (χ4v) is 1.88. The van der Waals surface area contributed by atoms with Crippen LogP contribution in [0.5, 0.6) is 5.75 Å². The van der Waals surface area contributed by atoms with Gasteiger partial charge in [0, 0.05) is 5.39 Å². The molecule has 0 atom stereocenters. The molecule has 3 nitrogen and oxygen atoms in total. The van der Waals surface area contributed by atoms with Crippen LogP contribution in [0.15, 0.2) is 30.3 Å². The standard InChI is InChI=1S/C13H12O3/c1-8-4-3-5-10-9(8)6-7-11(13(14)15)12(10)16-2/h3-7H,1-2H3,(H,14,15). The zero-order valence-corrected chi connectivity index (χ0v) is 9.15. The summed E-state index contributed by atoms with van der Waals surface area (Å²) in [5, 5.41) is 10.9. The molecule has 2 rings (SSSR count). The van der Waals surface area contributed by atoms with E-state index in [0.717, 1.165) is 16.3 Å². The van der Waals surface area contributed by atoms with Crippen molar-refractivity contribution in [3.63, 3.8) is 0 Å². The Morgan fingerprint density at radius 3 is 2.56 bits per heavy atom. The van der Waals surface area contributed by atoms with Crippen molar-refractivity contribution in [3.05, 3.63) is 41.5 Å². The van der Waals surface area contributed by atoms with Crippen LogP contribution >= 0.6 is 0 Å². The Balaban J connectivity index is 2.86. The lowest BCUT2D eigenvalue weighted by molar-refractivity contribution is 0.0693. The number of fused-ring (bicyclic) bond motifs is 1. The zero-order valence-electron chi connectivity index (χ0n) is 9.15. The summed E-state index contributed by atoms with van der Waals surface area (Å²) < 4.78 is 5.19. The van der Waals surface area contributed by atoms with Crippen molar-refractivity contribution in [3.8, 4) is 5.75 Å². The summed E-state index contributed by atoms with van der Waals surface area (Å²) in [6, 6.07) is 9.15. The molecule has 0 aliphatic carbocycles. The highest BCUT2D eigenvalue weighted by Gasteiger charge is 2.14. The first-order valence-corrected chi connectivity index (χ1v) is 4.94. The molecular formula is C13H12O3. The predicted molar refractivity (Wildman–Crippen MR) is 62.2 cm³/mol. The molecule has 0 fully saturated rings. The van der Waals surface area contributed by atoms with Crippen LogP contribution < -0.4 is 4.74 Å². The molecule has 0 saturated heterocycles. The van der Waals surface area contributed by atoms with Gasteiger partial charge in [-0.05, 0) is 23.9 Å². The molecule has 0 heterocycles. The van der Waals surface area contributed by atoms with Gasteiger partial charge in [0.2, 0.25) is 0 Å². The van der Waals surface area contributed by atoms with E-state index >= 15 is 0 Å². The average Bonchev–Trinajstić information content (AvgIpc) is 2.27. The summed E-state index contributed by atoms with van der Waals surface area (Å²) in [6.07, 6.45) is 0. The van der Waals surface area contributed by atoms with E-state index in [1.807, 2.05) is 31.2 Å². The fraction of sp³-hybridized carbons (Fsp3) is 0.154. The topological polar surface area (TPSA) is 46.5 Å². The van der Waals surface area contributed by atoms with Crippen LogP contribution in [0.4, 0.5) is 0 Å². The minimum atomic E-state index is -0.972. The molecule has 0 aliphatic rings. The summed E-state index contributed by atoms with van der Waals surface area (Å²) in [4.78, 5) is 11.0. The average molecular weight is 216 g/mol. The van der Waals surface area contributed by atoms with Gasteiger partial charge in [0.25, 0.3) is 0 Å². The van der Waals surface area contributed by atoms with Crippen molar-refractivity contribution >= 4 is 16.7 Å². The van der Waals surface area contributed by atoms with E-state index in [1.165, 1.54) is 7.11 Å². The minimum Gasteiger partial charge on any atom is -0.495 e. The summed E-state index contributed by atoms with van der Waals surface area (Å²) in [7, 11) is 1.49. The van der Waals surface area contributed by atoms with Gasteiger partial charge in [-0.1, -0.05) is 24.3 Å². The van der Waals surface area contributed by atoms with Crippen molar-refractivity contribution in [2.45, 2.75) is 6.92 Å². The fourth-order valence-electron chi connectivity index (χ4n) is 1.88. The summed E-state index contributed by atoms with van der Waals surface area (Å²) in [5.41, 5.74) is 1.30. The minimum absolute atomic E-state index is 0.195. The lowest BCUT2D eigenvalue weighted by Crippen LogP contribution is -2.01. The molecule has 2 aromatic carbocycles. The molecule has 0 amide bonds. The van der Waals surface area contributed by atoms with Crippen LogP contribution in [0.1, 0.15) is 15.9 Å². The molecule has 0 unspecified atom stereocenters. The van der Waals surface area contributed by atoms with E-state index in [2.05, 4.69) is 0 Å². The second-order valence-electron chi connectivity index (χ2n) is 3.62. The van der Waals surface area contributed by atoms with Crippen molar-refractivity contribution in [1.29, 1.82) is 0 Å². The second kappa shape index (κ2) is 3.85. The lowest BCUT2D eigenvalue weighted by Gasteiger charge is -2.10. The Bertz CT molecular complexity index is 558. The molecule has 0 aromatic heterocycles. The Hall–Kier alpha value is -2.03. The molecule has 82 valence electrons. The lowest BCUT2D eigenvalue weighted by atomic mass is 10.0. The third-order valence-electron chi connectivity index (χ3n) is 2.66. The third-order valence-corrected chi connectivity index (χ3v) is 2.66. The first-order chi connectivity index (χ1) is 7.65. The molecule has 0 spiro atoms. The molecule has 2 aromatic rings. The first-order valence-electron chi connectivity index (χ1n) is 4.94. The predicted octanol–water partition coefficient (Wildman–Crippen LogP) is 2.86. The Morgan fingerprint density at radius 1 is 1.19 bits per heavy atom. The van der Waals surface area contributed by atoms with Crippen LogP contribution in [-0.4, -0.2) is 18.2 Å². The first kappa shape index (κ1) is 10.5. The SMILES string of the molecule is COc1c(C(=O)O)ccc2c(C)cccc12. The maximum Gasteiger partial charge on any atom is 0.339 e. The Kier molecular flexibility index (Phi) is 2.52. The van der Waals surface area contributed by atoms with E-state index in [9.17, 15) is 4.79 Å². The van der Waals surface area contributed by atoms with Crippen molar-refractivity contribution < 1.29 is 14.6 Å². The molecule has 0 radical (unpaired) electrons. The number of methoxy groups -OCH3 is 1. The monoisotopic (exact) mass is 216 g/mol. The smallest absolute Gasteiger partial charge is 0.339 e. The molecule has 3 heteroatoms. The van der Waals surface area contributed by atoms with Crippen molar-refractivity contribution in [1.82, 2.24) is 0 Å². The number of aryl methyl sites for hydroxylation is 1. The normalized spacial score (nSPS) is 10.4. The number of carbonyl (C=O) groups is 1. The maximum atomic E-state index is 11.0. The number of carboxylic acids is 1. The quantitative estimate of drug-likeness (QED) is 0.839. The van der Waals surface area contributed by atoms with E-state index in [-0.39, 0.29) is 5.56 Å². The maximum absolute atomic E-state index is 11.0. The second-order valence-corrected chi connectivity index (χ2v) is 3.62. The Labute approximate surface area is 93.3 Å². The number of hydrogen-bond donors (Lipinski definition) is 1. The number of rotatable bonds is 2. The van der Waals surface area contributed by atoms with Crippen LogP contribution in [0.2, 0.25) is 0 Å². The van der Waals surface area contributed by atoms with Gasteiger partial charge >= 0.3 is 5.97 Å². The molecule has 0 saturated carbocycles. The van der Waals surface area contributed by atoms with Gasteiger partial charge in [0.05, 0.1) is 7.11 Å². The number of hydrogen-bond acceptors (Lipinski definition) is 2. The van der Waals surface area contributed by atoms with Gasteiger partial charge in [-0.25, -0.2) is 4.79 Å². The molecule has 16 heavy (non-hydrogen) atoms. The highest BCUT2D eigenvalue weighted by molar-refractivity contribution is 6.01. The highest BCUT2D eigenvalue weighted by Crippen LogP contribution is 2.31. The van der Waals surface area contributed by atoms with E-state index in [1.54, 1.807) is 6.07 Å². The highest BCUT2D eigenvalue weighted by atomic mass is 16.5. The van der Waals surface area contributed by atoms with Gasteiger partial charge in [0.1, 0.15) is 11.3 Å². The number of benzene rings is 2. The molecule has 1 N–H and O–H groups in total. The third kappa shape index (κ3) is 1.50. The van der Waals surface area contributed by atoms with E-state index < -0.39 is 5.97 Å². The van der Waals surface area contributed by atoms with Crippen LogP contribution in [0.25, 0.3) is 10.8 Å². The van der Waals surface area contributed by atoms with Gasteiger partial charge in [-0.3, -0.25) is 0 Å². The molecular weight excluding hydrogens is 204 g/mol. The van der Waals surface area contributed by atoms with Gasteiger partial charge < -0.3 is 9.84 Å². The van der Waals surface area contributed by atoms with Crippen LogP contribution in [-0.2, 0) is 0 Å². The van der Waals surface area contributed by atoms with Gasteiger partial charge in [0.15, 0.2) is 0 Å².